The third-order valence-corrected chi connectivity index (χ3v) is 7.79. The van der Waals surface area contributed by atoms with Gasteiger partial charge in [-0.1, -0.05) is 61.5 Å². The molecule has 0 amide bonds. The Morgan fingerprint density at radius 3 is 2.23 bits per heavy atom. The van der Waals surface area contributed by atoms with E-state index < -0.39 is 0 Å². The quantitative estimate of drug-likeness (QED) is 0.343. The van der Waals surface area contributed by atoms with Crippen molar-refractivity contribution in [2.24, 2.45) is 0 Å². The molecule has 0 bridgehead atoms. The first kappa shape index (κ1) is 23.6. The lowest BCUT2D eigenvalue weighted by Gasteiger charge is -2.30. The van der Waals surface area contributed by atoms with Gasteiger partial charge in [-0.3, -0.25) is 0 Å². The molecule has 3 rings (SSSR count). The van der Waals surface area contributed by atoms with Crippen LogP contribution in [-0.4, -0.2) is 34.8 Å². The number of alkyl halides is 2. The number of hydrogen-bond donors (Lipinski definition) is 0. The molecule has 2 aromatic rings. The molecule has 1 saturated carbocycles. The molecule has 1 aliphatic carbocycles. The van der Waals surface area contributed by atoms with Crippen LogP contribution in [0, 0.1) is 0 Å². The lowest BCUT2D eigenvalue weighted by Crippen LogP contribution is -2.35. The van der Waals surface area contributed by atoms with Crippen molar-refractivity contribution in [3.05, 3.63) is 71.3 Å². The van der Waals surface area contributed by atoms with Gasteiger partial charge in [0.1, 0.15) is 0 Å². The minimum absolute atomic E-state index is 0.103. The van der Waals surface area contributed by atoms with Crippen molar-refractivity contribution in [2.45, 2.75) is 81.5 Å². The summed E-state index contributed by atoms with van der Waals surface area (Å²) in [7, 11) is 0. The van der Waals surface area contributed by atoms with Crippen LogP contribution in [0.2, 0.25) is 0 Å². The van der Waals surface area contributed by atoms with E-state index in [0.29, 0.717) is 12.0 Å². The Balaban J connectivity index is 1.49. The smallest absolute Gasteiger partial charge is 0.0505 e. The Labute approximate surface area is 193 Å². The molecule has 0 radical (unpaired) electrons. The molecule has 1 fully saturated rings. The molecule has 2 aromatic carbocycles. The minimum atomic E-state index is 0.103. The van der Waals surface area contributed by atoms with Gasteiger partial charge in [0, 0.05) is 18.0 Å². The molecule has 4 unspecified atom stereocenters. The molecule has 0 aliphatic heterocycles. The van der Waals surface area contributed by atoms with E-state index in [2.05, 4.69) is 73.3 Å². The van der Waals surface area contributed by atoms with E-state index in [9.17, 15) is 0 Å². The third-order valence-electron chi connectivity index (χ3n) is 6.66. The molecule has 4 atom stereocenters. The van der Waals surface area contributed by atoms with Gasteiger partial charge in [-0.05, 0) is 81.0 Å². The van der Waals surface area contributed by atoms with Gasteiger partial charge >= 0.3 is 0 Å². The van der Waals surface area contributed by atoms with Crippen molar-refractivity contribution >= 4 is 23.2 Å². The van der Waals surface area contributed by atoms with Crippen LogP contribution in [0.5, 0.6) is 0 Å². The molecule has 0 aromatic heterocycles. The van der Waals surface area contributed by atoms with E-state index in [4.69, 9.17) is 23.2 Å². The zero-order valence-electron chi connectivity index (χ0n) is 18.6. The highest BCUT2D eigenvalue weighted by molar-refractivity contribution is 6.30. The molecule has 3 heteroatoms. The number of rotatable bonds is 10. The van der Waals surface area contributed by atoms with Crippen molar-refractivity contribution < 1.29 is 0 Å². The van der Waals surface area contributed by atoms with Crippen LogP contribution < -0.4 is 0 Å². The molecular formula is C27H37Cl2N. The topological polar surface area (TPSA) is 3.24 Å². The monoisotopic (exact) mass is 445 g/mol. The Kier molecular flexibility index (Phi) is 9.56. The highest BCUT2D eigenvalue weighted by Gasteiger charge is 2.28. The van der Waals surface area contributed by atoms with E-state index >= 15 is 0 Å². The first-order chi connectivity index (χ1) is 14.6. The Morgan fingerprint density at radius 2 is 1.57 bits per heavy atom. The second-order valence-electron chi connectivity index (χ2n) is 8.94. The van der Waals surface area contributed by atoms with Crippen LogP contribution in [-0.2, 0) is 12.8 Å². The number of hydrogen-bond acceptors (Lipinski definition) is 1. The number of halogens is 2. The molecule has 1 nitrogen and oxygen atoms in total. The maximum absolute atomic E-state index is 6.41. The molecule has 0 saturated heterocycles. The fraction of sp³-hybridized carbons (Fsp3) is 0.556. The standard InChI is InChI=1S/C27H37Cl2N/c1-3-18-30(19-17-22-7-5-4-6-8-22)21(2)9-10-23-11-13-24(14-12-23)25-15-16-26(28)27(29)20-25/h4-8,11-14,21,25-27H,3,9-10,15-20H2,1-2H3. The van der Waals surface area contributed by atoms with E-state index in [1.165, 1.54) is 36.1 Å². The highest BCUT2D eigenvalue weighted by atomic mass is 35.5. The highest BCUT2D eigenvalue weighted by Crippen LogP contribution is 2.37. The number of aryl methyl sites for hydroxylation is 1. The summed E-state index contributed by atoms with van der Waals surface area (Å²) < 4.78 is 0. The van der Waals surface area contributed by atoms with E-state index in [1.807, 2.05) is 0 Å². The zero-order chi connectivity index (χ0) is 21.3. The van der Waals surface area contributed by atoms with Gasteiger partial charge in [0.2, 0.25) is 0 Å². The summed E-state index contributed by atoms with van der Waals surface area (Å²) in [6, 6.07) is 20.7. The molecule has 164 valence electrons. The van der Waals surface area contributed by atoms with Crippen LogP contribution in [0.3, 0.4) is 0 Å². The molecule has 30 heavy (non-hydrogen) atoms. The lowest BCUT2D eigenvalue weighted by molar-refractivity contribution is 0.202. The summed E-state index contributed by atoms with van der Waals surface area (Å²) in [6.07, 6.45) is 7.86. The fourth-order valence-electron chi connectivity index (χ4n) is 4.65. The van der Waals surface area contributed by atoms with Gasteiger partial charge in [-0.2, -0.15) is 0 Å². The maximum Gasteiger partial charge on any atom is 0.0505 e. The molecule has 0 spiro atoms. The van der Waals surface area contributed by atoms with Crippen LogP contribution in [0.15, 0.2) is 54.6 Å². The van der Waals surface area contributed by atoms with Crippen LogP contribution >= 0.6 is 23.2 Å². The third kappa shape index (κ3) is 7.01. The van der Waals surface area contributed by atoms with Crippen LogP contribution in [0.4, 0.5) is 0 Å². The van der Waals surface area contributed by atoms with Crippen molar-refractivity contribution in [3.8, 4) is 0 Å². The van der Waals surface area contributed by atoms with Crippen LogP contribution in [0.25, 0.3) is 0 Å². The number of nitrogens with zero attached hydrogens (tertiary/aromatic N) is 1. The van der Waals surface area contributed by atoms with Crippen molar-refractivity contribution in [1.29, 1.82) is 0 Å². The average Bonchev–Trinajstić information content (AvgIpc) is 2.78. The van der Waals surface area contributed by atoms with Gasteiger partial charge in [0.05, 0.1) is 5.38 Å². The Morgan fingerprint density at radius 1 is 0.867 bits per heavy atom. The number of benzene rings is 2. The lowest BCUT2D eigenvalue weighted by atomic mass is 9.83. The normalized spacial score (nSPS) is 22.9. The van der Waals surface area contributed by atoms with Crippen molar-refractivity contribution in [3.63, 3.8) is 0 Å². The summed E-state index contributed by atoms with van der Waals surface area (Å²) in [6.45, 7) is 6.99. The Bertz CT molecular complexity index is 730. The second-order valence-corrected chi connectivity index (χ2v) is 10.1. The van der Waals surface area contributed by atoms with Gasteiger partial charge in [0.25, 0.3) is 0 Å². The van der Waals surface area contributed by atoms with Gasteiger partial charge in [0.15, 0.2) is 0 Å². The SMILES string of the molecule is CCCN(CCc1ccccc1)C(C)CCc1ccc(C2CCC(Cl)C(Cl)C2)cc1. The van der Waals surface area contributed by atoms with Crippen molar-refractivity contribution in [1.82, 2.24) is 4.90 Å². The molecule has 0 heterocycles. The largest absolute Gasteiger partial charge is 0.300 e. The van der Waals surface area contributed by atoms with E-state index in [1.54, 1.807) is 0 Å². The predicted octanol–water partition coefficient (Wildman–Crippen LogP) is 7.44. The zero-order valence-corrected chi connectivity index (χ0v) is 20.1. The molecule has 1 aliphatic rings. The second kappa shape index (κ2) is 12.1. The first-order valence-electron chi connectivity index (χ1n) is 11.7. The first-order valence-corrected chi connectivity index (χ1v) is 12.6. The van der Waals surface area contributed by atoms with Gasteiger partial charge < -0.3 is 4.90 Å². The summed E-state index contributed by atoms with van der Waals surface area (Å²) in [5.74, 6) is 0.563. The Hall–Kier alpha value is -1.02. The molecular weight excluding hydrogens is 409 g/mol. The summed E-state index contributed by atoms with van der Waals surface area (Å²) in [5, 5.41) is 0.239. The summed E-state index contributed by atoms with van der Waals surface area (Å²) >= 11 is 12.7. The van der Waals surface area contributed by atoms with Gasteiger partial charge in [-0.25, -0.2) is 0 Å². The predicted molar refractivity (Wildman–Crippen MR) is 132 cm³/mol. The summed E-state index contributed by atoms with van der Waals surface area (Å²) in [4.78, 5) is 2.66. The van der Waals surface area contributed by atoms with E-state index in [-0.39, 0.29) is 10.8 Å². The van der Waals surface area contributed by atoms with Crippen LogP contribution in [0.1, 0.15) is 68.6 Å². The van der Waals surface area contributed by atoms with Gasteiger partial charge in [-0.15, -0.1) is 23.2 Å². The van der Waals surface area contributed by atoms with E-state index in [0.717, 1.165) is 38.6 Å². The van der Waals surface area contributed by atoms with Crippen molar-refractivity contribution in [2.75, 3.05) is 13.1 Å². The molecule has 0 N–H and O–H groups in total. The minimum Gasteiger partial charge on any atom is -0.300 e. The summed E-state index contributed by atoms with van der Waals surface area (Å²) in [5.41, 5.74) is 4.30. The maximum atomic E-state index is 6.41. The fourth-order valence-corrected chi connectivity index (χ4v) is 5.22. The average molecular weight is 447 g/mol.